The van der Waals surface area contributed by atoms with Crippen molar-refractivity contribution >= 4 is 5.97 Å². The predicted molar refractivity (Wildman–Crippen MR) is 60.0 cm³/mol. The van der Waals surface area contributed by atoms with E-state index in [4.69, 9.17) is 14.4 Å². The summed E-state index contributed by atoms with van der Waals surface area (Å²) in [5, 5.41) is 12.3. The van der Waals surface area contributed by atoms with Crippen LogP contribution >= 0.6 is 0 Å². The van der Waals surface area contributed by atoms with Crippen molar-refractivity contribution in [2.45, 2.75) is 6.92 Å². The summed E-state index contributed by atoms with van der Waals surface area (Å²) in [7, 11) is 0. The molecule has 0 bridgehead atoms. The maximum Gasteiger partial charge on any atom is 0.341 e. The predicted octanol–water partition coefficient (Wildman–Crippen LogP) is 2.58. The van der Waals surface area contributed by atoms with Gasteiger partial charge in [0.05, 0.1) is 12.8 Å². The first-order valence-corrected chi connectivity index (χ1v) is 5.24. The van der Waals surface area contributed by atoms with Gasteiger partial charge in [-0.25, -0.2) is 9.18 Å². The number of ether oxygens (including phenoxy) is 1. The molecule has 5 nitrogen and oxygen atoms in total. The second kappa shape index (κ2) is 4.87. The highest BCUT2D eigenvalue weighted by Gasteiger charge is 2.18. The molecule has 2 rings (SSSR count). The number of rotatable bonds is 4. The Hall–Kier alpha value is -2.37. The summed E-state index contributed by atoms with van der Waals surface area (Å²) in [6, 6.07) is 4.08. The average Bonchev–Trinajstić information content (AvgIpc) is 2.81. The van der Waals surface area contributed by atoms with Crippen molar-refractivity contribution in [2.24, 2.45) is 0 Å². The van der Waals surface area contributed by atoms with Gasteiger partial charge in [0, 0.05) is 5.56 Å². The van der Waals surface area contributed by atoms with Crippen molar-refractivity contribution in [3.63, 3.8) is 0 Å². The third-order valence-corrected chi connectivity index (χ3v) is 2.29. The van der Waals surface area contributed by atoms with Crippen molar-refractivity contribution in [1.82, 2.24) is 5.16 Å². The lowest BCUT2D eigenvalue weighted by molar-refractivity contribution is 0.0697. The van der Waals surface area contributed by atoms with E-state index in [0.717, 1.165) is 12.3 Å². The Kier molecular flexibility index (Phi) is 3.27. The number of aromatic nitrogens is 1. The van der Waals surface area contributed by atoms with E-state index in [0.29, 0.717) is 12.2 Å². The molecule has 1 N–H and O–H groups in total. The van der Waals surface area contributed by atoms with Crippen molar-refractivity contribution in [3.8, 4) is 17.1 Å². The van der Waals surface area contributed by atoms with Crippen LogP contribution in [0.1, 0.15) is 17.3 Å². The van der Waals surface area contributed by atoms with Crippen LogP contribution < -0.4 is 4.74 Å². The Labute approximate surface area is 102 Å². The van der Waals surface area contributed by atoms with Crippen molar-refractivity contribution in [3.05, 3.63) is 35.8 Å². The van der Waals surface area contributed by atoms with Crippen molar-refractivity contribution in [1.29, 1.82) is 0 Å². The topological polar surface area (TPSA) is 72.6 Å². The number of benzene rings is 1. The number of nitrogens with zero attached hydrogens (tertiary/aromatic N) is 1. The van der Waals surface area contributed by atoms with E-state index in [1.54, 1.807) is 6.92 Å². The summed E-state index contributed by atoms with van der Waals surface area (Å²) in [4.78, 5) is 10.9. The van der Waals surface area contributed by atoms with Crippen LogP contribution in [0.2, 0.25) is 0 Å². The fourth-order valence-electron chi connectivity index (χ4n) is 1.51. The SMILES string of the molecule is CCOc1ccc(-c2oncc2C(=O)O)cc1F. The Morgan fingerprint density at radius 1 is 1.56 bits per heavy atom. The minimum Gasteiger partial charge on any atom is -0.491 e. The monoisotopic (exact) mass is 251 g/mol. The maximum absolute atomic E-state index is 13.6. The van der Waals surface area contributed by atoms with Gasteiger partial charge in [0.1, 0.15) is 5.56 Å². The van der Waals surface area contributed by atoms with E-state index in [1.165, 1.54) is 12.1 Å². The lowest BCUT2D eigenvalue weighted by Gasteiger charge is -2.05. The summed E-state index contributed by atoms with van der Waals surface area (Å²) in [5.41, 5.74) is 0.185. The van der Waals surface area contributed by atoms with Crippen LogP contribution in [0.5, 0.6) is 5.75 Å². The molecular weight excluding hydrogens is 241 g/mol. The van der Waals surface area contributed by atoms with Crippen molar-refractivity contribution in [2.75, 3.05) is 6.61 Å². The smallest absolute Gasteiger partial charge is 0.341 e. The number of halogens is 1. The van der Waals surface area contributed by atoms with Crippen LogP contribution in [-0.4, -0.2) is 22.8 Å². The van der Waals surface area contributed by atoms with Gasteiger partial charge >= 0.3 is 5.97 Å². The first-order chi connectivity index (χ1) is 8.63. The Balaban J connectivity index is 2.42. The molecular formula is C12H10FNO4. The van der Waals surface area contributed by atoms with Gasteiger partial charge in [0.2, 0.25) is 0 Å². The molecule has 1 aromatic carbocycles. The van der Waals surface area contributed by atoms with E-state index in [2.05, 4.69) is 5.16 Å². The highest BCUT2D eigenvalue weighted by atomic mass is 19.1. The molecule has 94 valence electrons. The van der Waals surface area contributed by atoms with Crippen LogP contribution in [0, 0.1) is 5.82 Å². The summed E-state index contributed by atoms with van der Waals surface area (Å²) in [6.07, 6.45) is 1.08. The van der Waals surface area contributed by atoms with Crippen LogP contribution in [0.15, 0.2) is 28.9 Å². The van der Waals surface area contributed by atoms with Gasteiger partial charge in [0.15, 0.2) is 17.3 Å². The molecule has 0 aliphatic carbocycles. The Morgan fingerprint density at radius 2 is 2.33 bits per heavy atom. The molecule has 2 aromatic rings. The molecule has 6 heteroatoms. The minimum atomic E-state index is -1.18. The van der Waals surface area contributed by atoms with E-state index in [9.17, 15) is 9.18 Å². The Bertz CT molecular complexity index is 579. The van der Waals surface area contributed by atoms with Gasteiger partial charge in [-0.2, -0.15) is 0 Å². The van der Waals surface area contributed by atoms with Gasteiger partial charge in [-0.3, -0.25) is 0 Å². The van der Waals surface area contributed by atoms with E-state index in [-0.39, 0.29) is 17.1 Å². The lowest BCUT2D eigenvalue weighted by Crippen LogP contribution is -1.97. The van der Waals surface area contributed by atoms with Gasteiger partial charge in [0.25, 0.3) is 0 Å². The first kappa shape index (κ1) is 12.1. The first-order valence-electron chi connectivity index (χ1n) is 5.24. The van der Waals surface area contributed by atoms with Crippen LogP contribution in [0.4, 0.5) is 4.39 Å². The minimum absolute atomic E-state index is 0.0180. The molecule has 0 aliphatic heterocycles. The quantitative estimate of drug-likeness (QED) is 0.904. The molecule has 0 unspecified atom stereocenters. The third kappa shape index (κ3) is 2.17. The summed E-state index contributed by atoms with van der Waals surface area (Å²) < 4.78 is 23.5. The fraction of sp³-hybridized carbons (Fsp3) is 0.167. The van der Waals surface area contributed by atoms with E-state index in [1.807, 2.05) is 0 Å². The summed E-state index contributed by atoms with van der Waals surface area (Å²) >= 11 is 0. The second-order valence-corrected chi connectivity index (χ2v) is 3.45. The average molecular weight is 251 g/mol. The summed E-state index contributed by atoms with van der Waals surface area (Å²) in [6.45, 7) is 2.09. The van der Waals surface area contributed by atoms with Gasteiger partial charge in [-0.1, -0.05) is 5.16 Å². The molecule has 0 fully saturated rings. The second-order valence-electron chi connectivity index (χ2n) is 3.45. The molecule has 1 aromatic heterocycles. The number of carbonyl (C=O) groups is 1. The number of hydrogen-bond acceptors (Lipinski definition) is 4. The molecule has 0 spiro atoms. The molecule has 0 saturated heterocycles. The Morgan fingerprint density at radius 3 is 2.94 bits per heavy atom. The normalized spacial score (nSPS) is 10.3. The molecule has 0 aliphatic rings. The molecule has 18 heavy (non-hydrogen) atoms. The zero-order valence-electron chi connectivity index (χ0n) is 9.51. The molecule has 0 amide bonds. The van der Waals surface area contributed by atoms with E-state index >= 15 is 0 Å². The van der Waals surface area contributed by atoms with Gasteiger partial charge in [-0.05, 0) is 25.1 Å². The summed E-state index contributed by atoms with van der Waals surface area (Å²) in [5.74, 6) is -1.63. The zero-order chi connectivity index (χ0) is 13.1. The van der Waals surface area contributed by atoms with E-state index < -0.39 is 11.8 Å². The van der Waals surface area contributed by atoms with Gasteiger partial charge < -0.3 is 14.4 Å². The molecule has 1 heterocycles. The largest absolute Gasteiger partial charge is 0.491 e. The lowest BCUT2D eigenvalue weighted by atomic mass is 10.1. The highest BCUT2D eigenvalue weighted by molar-refractivity contribution is 5.93. The number of carboxylic acids is 1. The number of hydrogen-bond donors (Lipinski definition) is 1. The van der Waals surface area contributed by atoms with Gasteiger partial charge in [-0.15, -0.1) is 0 Å². The van der Waals surface area contributed by atoms with Crippen LogP contribution in [0.3, 0.4) is 0 Å². The van der Waals surface area contributed by atoms with Crippen molar-refractivity contribution < 1.29 is 23.6 Å². The van der Waals surface area contributed by atoms with Crippen LogP contribution in [0.25, 0.3) is 11.3 Å². The fourth-order valence-corrected chi connectivity index (χ4v) is 1.51. The number of aromatic carboxylic acids is 1. The number of carboxylic acid groups (broad SMARTS) is 1. The molecule has 0 atom stereocenters. The standard InChI is InChI=1S/C12H10FNO4/c1-2-17-10-4-3-7(5-9(10)13)11-8(12(15)16)6-14-18-11/h3-6H,2H2,1H3,(H,15,16). The third-order valence-electron chi connectivity index (χ3n) is 2.29. The molecule has 0 radical (unpaired) electrons. The van der Waals surface area contributed by atoms with Crippen LogP contribution in [-0.2, 0) is 0 Å². The highest BCUT2D eigenvalue weighted by Crippen LogP contribution is 2.28. The zero-order valence-corrected chi connectivity index (χ0v) is 9.51. The maximum atomic E-state index is 13.6. The molecule has 0 saturated carbocycles.